The van der Waals surface area contributed by atoms with E-state index < -0.39 is 6.43 Å². The second kappa shape index (κ2) is 10.6. The van der Waals surface area contributed by atoms with E-state index in [1.165, 1.54) is 30.7 Å². The SMILES string of the molecule is O=C(NCCn1ccc2ncnc(Nc3ccc(Oc4cccc(C(F)F)c4)c(Cl)c3)c21)c1ccn[nH]1. The van der Waals surface area contributed by atoms with Crippen LogP contribution in [0.5, 0.6) is 11.5 Å². The minimum absolute atomic E-state index is 0.136. The molecule has 0 radical (unpaired) electrons. The molecular weight excluding hydrogens is 504 g/mol. The van der Waals surface area contributed by atoms with Gasteiger partial charge in [-0.1, -0.05) is 23.7 Å². The number of carbonyl (C=O) groups is 1. The lowest BCUT2D eigenvalue weighted by atomic mass is 10.2. The number of nitrogens with zero attached hydrogens (tertiary/aromatic N) is 4. The van der Waals surface area contributed by atoms with E-state index in [1.807, 2.05) is 16.8 Å². The smallest absolute Gasteiger partial charge is 0.269 e. The fourth-order valence-electron chi connectivity index (χ4n) is 3.72. The Morgan fingerprint density at radius 1 is 1.14 bits per heavy atom. The molecule has 1 amide bonds. The number of nitrogens with one attached hydrogen (secondary N) is 3. The van der Waals surface area contributed by atoms with Crippen molar-refractivity contribution in [1.82, 2.24) is 30.0 Å². The maximum absolute atomic E-state index is 13.0. The molecule has 3 heterocycles. The van der Waals surface area contributed by atoms with Gasteiger partial charge >= 0.3 is 0 Å². The molecule has 0 bridgehead atoms. The molecule has 0 unspecified atom stereocenters. The molecule has 0 saturated heterocycles. The van der Waals surface area contributed by atoms with E-state index >= 15 is 0 Å². The number of halogens is 3. The average molecular weight is 524 g/mol. The number of fused-ring (bicyclic) bond motifs is 1. The van der Waals surface area contributed by atoms with Crippen LogP contribution in [0.15, 0.2) is 73.3 Å². The van der Waals surface area contributed by atoms with Crippen LogP contribution in [0.25, 0.3) is 11.0 Å². The summed E-state index contributed by atoms with van der Waals surface area (Å²) in [7, 11) is 0. The van der Waals surface area contributed by atoms with Crippen molar-refractivity contribution in [3.8, 4) is 11.5 Å². The molecule has 5 rings (SSSR count). The third kappa shape index (κ3) is 5.51. The molecule has 3 aromatic heterocycles. The summed E-state index contributed by atoms with van der Waals surface area (Å²) in [6.07, 6.45) is 2.23. The molecule has 2 aromatic carbocycles. The van der Waals surface area contributed by atoms with Crippen molar-refractivity contribution < 1.29 is 18.3 Å². The number of benzene rings is 2. The first-order valence-electron chi connectivity index (χ1n) is 11.2. The fourth-order valence-corrected chi connectivity index (χ4v) is 3.94. The highest BCUT2D eigenvalue weighted by Gasteiger charge is 2.13. The van der Waals surface area contributed by atoms with Crippen LogP contribution < -0.4 is 15.4 Å². The molecule has 9 nitrogen and oxygen atoms in total. The van der Waals surface area contributed by atoms with Crippen LogP contribution in [0.2, 0.25) is 5.02 Å². The van der Waals surface area contributed by atoms with Gasteiger partial charge in [-0.3, -0.25) is 9.89 Å². The van der Waals surface area contributed by atoms with Crippen molar-refractivity contribution in [3.63, 3.8) is 0 Å². The van der Waals surface area contributed by atoms with Crippen LogP contribution in [0.4, 0.5) is 20.3 Å². The number of H-pyrrole nitrogens is 1. The Morgan fingerprint density at radius 2 is 2.03 bits per heavy atom. The van der Waals surface area contributed by atoms with Crippen LogP contribution in [0.1, 0.15) is 22.5 Å². The Hall–Kier alpha value is -4.51. The van der Waals surface area contributed by atoms with Crippen molar-refractivity contribution in [1.29, 1.82) is 0 Å². The summed E-state index contributed by atoms with van der Waals surface area (Å²) in [5.74, 6) is 0.879. The van der Waals surface area contributed by atoms with E-state index in [1.54, 1.807) is 30.3 Å². The normalized spacial score (nSPS) is 11.1. The number of rotatable bonds is 9. The van der Waals surface area contributed by atoms with Crippen molar-refractivity contribution >= 4 is 40.0 Å². The average Bonchev–Trinajstić information content (AvgIpc) is 3.57. The molecule has 0 saturated carbocycles. The lowest BCUT2D eigenvalue weighted by molar-refractivity contribution is 0.0947. The standard InChI is InChI=1S/C25H20ClF2N7O2/c26-18-13-16(4-5-21(18)37-17-3-1-2-15(12-17)23(27)28)33-24-22-19(30-14-31-24)7-10-35(22)11-9-29-25(36)20-6-8-32-34-20/h1-8,10,12-14,23H,9,11H2,(H,29,36)(H,32,34)(H,30,31,33). The third-order valence-electron chi connectivity index (χ3n) is 5.47. The zero-order valence-corrected chi connectivity index (χ0v) is 19.9. The number of hydrogen-bond donors (Lipinski definition) is 3. The predicted molar refractivity (Wildman–Crippen MR) is 135 cm³/mol. The zero-order valence-electron chi connectivity index (χ0n) is 19.2. The lowest BCUT2D eigenvalue weighted by Gasteiger charge is -2.13. The summed E-state index contributed by atoms with van der Waals surface area (Å²) in [6, 6.07) is 14.2. The molecule has 12 heteroatoms. The first-order chi connectivity index (χ1) is 18.0. The number of anilines is 2. The van der Waals surface area contributed by atoms with Gasteiger partial charge in [0.1, 0.15) is 29.0 Å². The predicted octanol–water partition coefficient (Wildman–Crippen LogP) is 5.71. The molecule has 37 heavy (non-hydrogen) atoms. The molecule has 0 atom stereocenters. The molecule has 0 fully saturated rings. The summed E-state index contributed by atoms with van der Waals surface area (Å²) < 4.78 is 33.6. The molecule has 0 spiro atoms. The summed E-state index contributed by atoms with van der Waals surface area (Å²) >= 11 is 6.42. The van der Waals surface area contributed by atoms with E-state index in [-0.39, 0.29) is 22.2 Å². The minimum Gasteiger partial charge on any atom is -0.456 e. The van der Waals surface area contributed by atoms with E-state index in [0.29, 0.717) is 36.0 Å². The number of carbonyl (C=O) groups excluding carboxylic acids is 1. The highest BCUT2D eigenvalue weighted by Crippen LogP contribution is 2.34. The van der Waals surface area contributed by atoms with Crippen LogP contribution in [-0.4, -0.2) is 37.2 Å². The zero-order chi connectivity index (χ0) is 25.8. The molecule has 188 valence electrons. The quantitative estimate of drug-likeness (QED) is 0.228. The lowest BCUT2D eigenvalue weighted by Crippen LogP contribution is -2.27. The Labute approximate surface area is 214 Å². The van der Waals surface area contributed by atoms with Crippen LogP contribution >= 0.6 is 11.6 Å². The summed E-state index contributed by atoms with van der Waals surface area (Å²) in [6.45, 7) is 0.858. The molecular formula is C25H20ClF2N7O2. The topological polar surface area (TPSA) is 110 Å². The number of hydrogen-bond acceptors (Lipinski definition) is 6. The second-order valence-corrected chi connectivity index (χ2v) is 8.34. The highest BCUT2D eigenvalue weighted by molar-refractivity contribution is 6.32. The summed E-state index contributed by atoms with van der Waals surface area (Å²) in [4.78, 5) is 20.8. The Kier molecular flexibility index (Phi) is 6.95. The first-order valence-corrected chi connectivity index (χ1v) is 11.6. The van der Waals surface area contributed by atoms with Gasteiger partial charge in [-0.25, -0.2) is 18.7 Å². The van der Waals surface area contributed by atoms with E-state index in [9.17, 15) is 13.6 Å². The minimum atomic E-state index is -2.60. The third-order valence-corrected chi connectivity index (χ3v) is 5.76. The van der Waals surface area contributed by atoms with E-state index in [2.05, 4.69) is 30.8 Å². The number of ether oxygens (including phenoxy) is 1. The van der Waals surface area contributed by atoms with Gasteiger partial charge in [0.25, 0.3) is 12.3 Å². The van der Waals surface area contributed by atoms with Gasteiger partial charge in [0.05, 0.1) is 10.5 Å². The molecule has 0 aliphatic carbocycles. The fraction of sp³-hybridized carbons (Fsp3) is 0.120. The largest absolute Gasteiger partial charge is 0.456 e. The number of amides is 1. The van der Waals surface area contributed by atoms with Gasteiger partial charge in [0, 0.05) is 36.7 Å². The van der Waals surface area contributed by atoms with Gasteiger partial charge in [-0.15, -0.1) is 0 Å². The van der Waals surface area contributed by atoms with Crippen molar-refractivity contribution in [2.75, 3.05) is 11.9 Å². The van der Waals surface area contributed by atoms with Crippen LogP contribution in [-0.2, 0) is 6.54 Å². The van der Waals surface area contributed by atoms with Gasteiger partial charge < -0.3 is 19.9 Å². The van der Waals surface area contributed by atoms with Crippen LogP contribution in [0.3, 0.4) is 0 Å². The van der Waals surface area contributed by atoms with E-state index in [4.69, 9.17) is 16.3 Å². The summed E-state index contributed by atoms with van der Waals surface area (Å²) in [5.41, 5.74) is 2.36. The van der Waals surface area contributed by atoms with Crippen molar-refractivity contribution in [2.24, 2.45) is 0 Å². The molecule has 0 aliphatic heterocycles. The first kappa shape index (κ1) is 24.2. The van der Waals surface area contributed by atoms with Crippen molar-refractivity contribution in [2.45, 2.75) is 13.0 Å². The van der Waals surface area contributed by atoms with Gasteiger partial charge in [-0.2, -0.15) is 5.10 Å². The number of aromatic nitrogens is 5. The molecule has 0 aliphatic rings. The second-order valence-electron chi connectivity index (χ2n) is 7.94. The number of aromatic amines is 1. The van der Waals surface area contributed by atoms with Gasteiger partial charge in [0.15, 0.2) is 5.82 Å². The van der Waals surface area contributed by atoms with E-state index in [0.717, 1.165) is 11.0 Å². The Morgan fingerprint density at radius 3 is 2.81 bits per heavy atom. The monoisotopic (exact) mass is 523 g/mol. The summed E-state index contributed by atoms with van der Waals surface area (Å²) in [5, 5.41) is 12.8. The van der Waals surface area contributed by atoms with Crippen LogP contribution in [0, 0.1) is 0 Å². The maximum Gasteiger partial charge on any atom is 0.269 e. The Bertz CT molecular complexity index is 1540. The molecule has 5 aromatic rings. The Balaban J connectivity index is 1.30. The van der Waals surface area contributed by atoms with Crippen molar-refractivity contribution in [3.05, 3.63) is 89.6 Å². The van der Waals surface area contributed by atoms with Gasteiger partial charge in [0.2, 0.25) is 0 Å². The molecule has 3 N–H and O–H groups in total. The number of alkyl halides is 2. The maximum atomic E-state index is 13.0. The van der Waals surface area contributed by atoms with Gasteiger partial charge in [-0.05, 0) is 42.5 Å². The highest BCUT2D eigenvalue weighted by atomic mass is 35.5.